The lowest BCUT2D eigenvalue weighted by molar-refractivity contribution is 0.350. The first-order valence-corrected chi connectivity index (χ1v) is 7.75. The zero-order valence-corrected chi connectivity index (χ0v) is 11.8. The SMILES string of the molecule is CCCC/C(C#CCO)=C\S(=O)(=O)c1ccccc1. The molecule has 102 valence electrons. The zero-order valence-electron chi connectivity index (χ0n) is 11.0. The average Bonchev–Trinajstić information content (AvgIpc) is 2.42. The van der Waals surface area contributed by atoms with E-state index >= 15 is 0 Å². The Balaban J connectivity index is 3.06. The highest BCUT2D eigenvalue weighted by Gasteiger charge is 2.11. The Labute approximate surface area is 114 Å². The monoisotopic (exact) mass is 278 g/mol. The Morgan fingerprint density at radius 2 is 2.00 bits per heavy atom. The fraction of sp³-hybridized carbons (Fsp3) is 0.333. The summed E-state index contributed by atoms with van der Waals surface area (Å²) in [6.07, 6.45) is 2.44. The van der Waals surface area contributed by atoms with Crippen molar-refractivity contribution in [3.05, 3.63) is 41.3 Å². The zero-order chi connectivity index (χ0) is 14.1. The molecule has 0 aliphatic carbocycles. The quantitative estimate of drug-likeness (QED) is 0.842. The van der Waals surface area contributed by atoms with E-state index in [1.807, 2.05) is 6.92 Å². The number of aliphatic hydroxyl groups is 1. The van der Waals surface area contributed by atoms with Crippen molar-refractivity contribution in [2.75, 3.05) is 6.61 Å². The van der Waals surface area contributed by atoms with Crippen LogP contribution in [-0.2, 0) is 9.84 Å². The number of hydrogen-bond acceptors (Lipinski definition) is 3. The summed E-state index contributed by atoms with van der Waals surface area (Å²) in [6, 6.07) is 8.26. The first-order chi connectivity index (χ1) is 9.10. The van der Waals surface area contributed by atoms with E-state index in [1.165, 1.54) is 5.41 Å². The van der Waals surface area contributed by atoms with Gasteiger partial charge in [-0.2, -0.15) is 0 Å². The second kappa shape index (κ2) is 7.78. The van der Waals surface area contributed by atoms with Gasteiger partial charge >= 0.3 is 0 Å². The highest BCUT2D eigenvalue weighted by atomic mass is 32.2. The first kappa shape index (κ1) is 15.5. The van der Waals surface area contributed by atoms with E-state index in [0.29, 0.717) is 12.0 Å². The Morgan fingerprint density at radius 1 is 1.32 bits per heavy atom. The molecule has 0 atom stereocenters. The van der Waals surface area contributed by atoms with Crippen molar-refractivity contribution in [2.45, 2.75) is 31.1 Å². The lowest BCUT2D eigenvalue weighted by atomic mass is 10.1. The third kappa shape index (κ3) is 5.29. The van der Waals surface area contributed by atoms with Gasteiger partial charge in [0, 0.05) is 11.0 Å². The van der Waals surface area contributed by atoms with E-state index in [1.54, 1.807) is 30.3 Å². The van der Waals surface area contributed by atoms with Crippen LogP contribution >= 0.6 is 0 Å². The standard InChI is InChI=1S/C15H18O3S/c1-2-3-8-14(9-7-12-16)13-19(17,18)15-10-5-4-6-11-15/h4-6,10-11,13,16H,2-3,8,12H2,1H3/b14-13+. The van der Waals surface area contributed by atoms with Gasteiger partial charge in [0.1, 0.15) is 6.61 Å². The molecular formula is C15H18O3S. The highest BCUT2D eigenvalue weighted by molar-refractivity contribution is 7.94. The van der Waals surface area contributed by atoms with Gasteiger partial charge < -0.3 is 5.11 Å². The van der Waals surface area contributed by atoms with Gasteiger partial charge in [-0.3, -0.25) is 0 Å². The Hall–Kier alpha value is -1.57. The van der Waals surface area contributed by atoms with Gasteiger partial charge in [0.25, 0.3) is 0 Å². The largest absolute Gasteiger partial charge is 0.384 e. The van der Waals surface area contributed by atoms with E-state index in [9.17, 15) is 8.42 Å². The lowest BCUT2D eigenvalue weighted by Crippen LogP contribution is -1.98. The van der Waals surface area contributed by atoms with Crippen LogP contribution in [0, 0.1) is 11.8 Å². The maximum Gasteiger partial charge on any atom is 0.200 e. The van der Waals surface area contributed by atoms with Gasteiger partial charge in [0.15, 0.2) is 0 Å². The maximum absolute atomic E-state index is 12.2. The van der Waals surface area contributed by atoms with Crippen molar-refractivity contribution >= 4 is 9.84 Å². The van der Waals surface area contributed by atoms with Gasteiger partial charge in [-0.25, -0.2) is 8.42 Å². The molecule has 0 aromatic heterocycles. The van der Waals surface area contributed by atoms with E-state index in [0.717, 1.165) is 12.8 Å². The van der Waals surface area contributed by atoms with E-state index in [-0.39, 0.29) is 11.5 Å². The molecule has 0 heterocycles. The fourth-order valence-corrected chi connectivity index (χ4v) is 2.76. The normalized spacial score (nSPS) is 11.8. The molecule has 0 aliphatic rings. The van der Waals surface area contributed by atoms with Crippen LogP contribution in [0.2, 0.25) is 0 Å². The molecular weight excluding hydrogens is 260 g/mol. The molecule has 0 amide bonds. The number of benzene rings is 1. The number of rotatable bonds is 5. The van der Waals surface area contributed by atoms with Gasteiger partial charge in [-0.05, 0) is 25.0 Å². The second-order valence-electron chi connectivity index (χ2n) is 4.06. The minimum Gasteiger partial charge on any atom is -0.384 e. The summed E-state index contributed by atoms with van der Waals surface area (Å²) < 4.78 is 24.3. The first-order valence-electron chi connectivity index (χ1n) is 6.20. The summed E-state index contributed by atoms with van der Waals surface area (Å²) in [6.45, 7) is 1.76. The van der Waals surface area contributed by atoms with Crippen molar-refractivity contribution in [1.29, 1.82) is 0 Å². The predicted molar refractivity (Wildman–Crippen MR) is 76.1 cm³/mol. The number of aliphatic hydroxyl groups excluding tert-OH is 1. The van der Waals surface area contributed by atoms with Crippen LogP contribution in [0.5, 0.6) is 0 Å². The van der Waals surface area contributed by atoms with Crippen molar-refractivity contribution in [3.8, 4) is 11.8 Å². The van der Waals surface area contributed by atoms with Gasteiger partial charge in [0.2, 0.25) is 9.84 Å². The third-order valence-corrected chi connectivity index (χ3v) is 4.02. The summed E-state index contributed by atoms with van der Waals surface area (Å²) >= 11 is 0. The van der Waals surface area contributed by atoms with Crippen molar-refractivity contribution in [2.24, 2.45) is 0 Å². The smallest absolute Gasteiger partial charge is 0.200 e. The third-order valence-electron chi connectivity index (χ3n) is 2.50. The fourth-order valence-electron chi connectivity index (χ4n) is 1.54. The number of sulfone groups is 1. The summed E-state index contributed by atoms with van der Waals surface area (Å²) in [5.74, 6) is 5.22. The number of hydrogen-bond donors (Lipinski definition) is 1. The van der Waals surface area contributed by atoms with E-state index in [4.69, 9.17) is 5.11 Å². The van der Waals surface area contributed by atoms with Crippen molar-refractivity contribution in [3.63, 3.8) is 0 Å². The van der Waals surface area contributed by atoms with Crippen LogP contribution in [0.1, 0.15) is 26.2 Å². The number of allylic oxidation sites excluding steroid dienone is 1. The van der Waals surface area contributed by atoms with Gasteiger partial charge in [-0.15, -0.1) is 0 Å². The minimum atomic E-state index is -3.47. The van der Waals surface area contributed by atoms with Gasteiger partial charge in [0.05, 0.1) is 4.90 Å². The Kier molecular flexibility index (Phi) is 6.34. The predicted octanol–water partition coefficient (Wildman–Crippen LogP) is 2.53. The highest BCUT2D eigenvalue weighted by Crippen LogP contribution is 2.16. The Bertz CT molecular complexity index is 575. The van der Waals surface area contributed by atoms with E-state index in [2.05, 4.69) is 11.8 Å². The molecule has 1 aromatic rings. The van der Waals surface area contributed by atoms with Crippen LogP contribution in [0.15, 0.2) is 46.2 Å². The molecule has 0 aliphatic heterocycles. The maximum atomic E-state index is 12.2. The molecule has 1 aromatic carbocycles. The summed E-state index contributed by atoms with van der Waals surface area (Å²) in [4.78, 5) is 0.259. The summed E-state index contributed by atoms with van der Waals surface area (Å²) in [7, 11) is -3.47. The second-order valence-corrected chi connectivity index (χ2v) is 5.86. The van der Waals surface area contributed by atoms with Crippen LogP contribution < -0.4 is 0 Å². The van der Waals surface area contributed by atoms with Crippen LogP contribution in [-0.4, -0.2) is 20.1 Å². The molecule has 4 heteroatoms. The molecule has 0 saturated carbocycles. The van der Waals surface area contributed by atoms with Crippen LogP contribution in [0.4, 0.5) is 0 Å². The topological polar surface area (TPSA) is 54.4 Å². The lowest BCUT2D eigenvalue weighted by Gasteiger charge is -2.01. The molecule has 3 nitrogen and oxygen atoms in total. The number of unbranched alkanes of at least 4 members (excludes halogenated alkanes) is 1. The Morgan fingerprint density at radius 3 is 2.58 bits per heavy atom. The molecule has 0 fully saturated rings. The summed E-state index contributed by atoms with van der Waals surface area (Å²) in [5, 5.41) is 9.91. The molecule has 19 heavy (non-hydrogen) atoms. The molecule has 0 bridgehead atoms. The van der Waals surface area contributed by atoms with Crippen LogP contribution in [0.25, 0.3) is 0 Å². The van der Waals surface area contributed by atoms with Crippen LogP contribution in [0.3, 0.4) is 0 Å². The molecule has 0 saturated heterocycles. The molecule has 1 rings (SSSR count). The molecule has 0 spiro atoms. The van der Waals surface area contributed by atoms with Gasteiger partial charge in [-0.1, -0.05) is 43.4 Å². The van der Waals surface area contributed by atoms with Crippen molar-refractivity contribution in [1.82, 2.24) is 0 Å². The summed E-state index contributed by atoms with van der Waals surface area (Å²) in [5.41, 5.74) is 0.541. The molecule has 0 radical (unpaired) electrons. The van der Waals surface area contributed by atoms with E-state index < -0.39 is 9.84 Å². The average molecular weight is 278 g/mol. The molecule has 0 unspecified atom stereocenters. The van der Waals surface area contributed by atoms with Crippen molar-refractivity contribution < 1.29 is 13.5 Å². The molecule has 1 N–H and O–H groups in total. The minimum absolute atomic E-state index is 0.259.